The number of amides is 2. The van der Waals surface area contributed by atoms with E-state index in [2.05, 4.69) is 0 Å². The highest BCUT2D eigenvalue weighted by Gasteiger charge is 2.28. The first-order valence-electron chi connectivity index (χ1n) is 8.17. The van der Waals surface area contributed by atoms with Gasteiger partial charge < -0.3 is 13.9 Å². The van der Waals surface area contributed by atoms with E-state index in [0.29, 0.717) is 42.9 Å². The summed E-state index contributed by atoms with van der Waals surface area (Å²) in [6, 6.07) is 5.27. The molecule has 132 valence electrons. The number of furan rings is 1. The Morgan fingerprint density at radius 3 is 2.80 bits per heavy atom. The number of hydrogen-bond acceptors (Lipinski definition) is 6. The largest absolute Gasteiger partial charge is 0.494 e. The Bertz CT molecular complexity index is 837. The average Bonchev–Trinajstić information content (AvgIpc) is 3.17. The number of likely N-dealkylation sites (tertiary alicyclic amines) is 1. The van der Waals surface area contributed by atoms with Gasteiger partial charge in [-0.3, -0.25) is 14.5 Å². The van der Waals surface area contributed by atoms with Crippen molar-refractivity contribution in [3.63, 3.8) is 0 Å². The average molecular weight is 345 g/mol. The van der Waals surface area contributed by atoms with Crippen molar-refractivity contribution in [3.8, 4) is 5.75 Å². The van der Waals surface area contributed by atoms with Crippen molar-refractivity contribution in [3.05, 3.63) is 29.5 Å². The van der Waals surface area contributed by atoms with Crippen LogP contribution in [-0.4, -0.2) is 42.4 Å². The van der Waals surface area contributed by atoms with E-state index in [1.54, 1.807) is 25.1 Å². The fraction of sp³-hybridized carbons (Fsp3) is 0.389. The molecule has 0 bridgehead atoms. The van der Waals surface area contributed by atoms with E-state index in [-0.39, 0.29) is 11.7 Å². The number of benzene rings is 1. The lowest BCUT2D eigenvalue weighted by atomic mass is 10.1. The first kappa shape index (κ1) is 17.0. The lowest BCUT2D eigenvalue weighted by Gasteiger charge is -2.12. The van der Waals surface area contributed by atoms with E-state index >= 15 is 0 Å². The number of rotatable bonds is 5. The molecule has 2 amide bonds. The molecule has 1 aromatic heterocycles. The van der Waals surface area contributed by atoms with E-state index < -0.39 is 18.5 Å². The molecule has 2 heterocycles. The lowest BCUT2D eigenvalue weighted by Crippen LogP contribution is -2.35. The molecule has 0 unspecified atom stereocenters. The number of ether oxygens (including phenoxy) is 2. The highest BCUT2D eigenvalue weighted by Crippen LogP contribution is 2.29. The molecule has 7 heteroatoms. The summed E-state index contributed by atoms with van der Waals surface area (Å²) in [6.07, 6.45) is 0.994. The Morgan fingerprint density at radius 2 is 2.12 bits per heavy atom. The molecule has 0 saturated carbocycles. The molecule has 0 atom stereocenters. The number of imide groups is 1. The number of nitrogens with zero attached hydrogens (tertiary/aromatic N) is 1. The fourth-order valence-electron chi connectivity index (χ4n) is 2.83. The van der Waals surface area contributed by atoms with Crippen molar-refractivity contribution < 1.29 is 28.3 Å². The second-order valence-electron chi connectivity index (χ2n) is 5.77. The molecule has 0 spiro atoms. The predicted octanol–water partition coefficient (Wildman–Crippen LogP) is 2.45. The SMILES string of the molecule is CCOc1ccc2oc(C(=O)OCC(=O)N3CCCC3=O)c(C)c2c1. The predicted molar refractivity (Wildman–Crippen MR) is 88.4 cm³/mol. The maximum atomic E-state index is 12.2. The second kappa shape index (κ2) is 6.96. The zero-order valence-corrected chi connectivity index (χ0v) is 14.2. The summed E-state index contributed by atoms with van der Waals surface area (Å²) in [5.74, 6) is -0.745. The molecule has 1 aliphatic rings. The van der Waals surface area contributed by atoms with Crippen LogP contribution in [0.1, 0.15) is 35.9 Å². The summed E-state index contributed by atoms with van der Waals surface area (Å²) in [7, 11) is 0. The monoisotopic (exact) mass is 345 g/mol. The molecule has 2 aromatic rings. The van der Waals surface area contributed by atoms with E-state index in [1.807, 2.05) is 6.92 Å². The van der Waals surface area contributed by atoms with Crippen molar-refractivity contribution in [1.82, 2.24) is 4.90 Å². The molecule has 0 N–H and O–H groups in total. The number of hydrogen-bond donors (Lipinski definition) is 0. The van der Waals surface area contributed by atoms with Crippen LogP contribution in [0.15, 0.2) is 22.6 Å². The third kappa shape index (κ3) is 3.35. The van der Waals surface area contributed by atoms with Crippen LogP contribution in [0.5, 0.6) is 5.75 Å². The Balaban J connectivity index is 1.72. The Morgan fingerprint density at radius 1 is 1.32 bits per heavy atom. The second-order valence-corrected chi connectivity index (χ2v) is 5.77. The molecule has 7 nitrogen and oxygen atoms in total. The van der Waals surface area contributed by atoms with Gasteiger partial charge in [0.2, 0.25) is 11.7 Å². The van der Waals surface area contributed by atoms with Gasteiger partial charge in [0.15, 0.2) is 6.61 Å². The van der Waals surface area contributed by atoms with Gasteiger partial charge >= 0.3 is 5.97 Å². The van der Waals surface area contributed by atoms with Gasteiger partial charge in [0.1, 0.15) is 11.3 Å². The van der Waals surface area contributed by atoms with E-state index in [9.17, 15) is 14.4 Å². The van der Waals surface area contributed by atoms with Gasteiger partial charge in [-0.25, -0.2) is 4.79 Å². The fourth-order valence-corrected chi connectivity index (χ4v) is 2.83. The minimum Gasteiger partial charge on any atom is -0.494 e. The maximum absolute atomic E-state index is 12.2. The molecule has 1 saturated heterocycles. The summed E-state index contributed by atoms with van der Waals surface area (Å²) in [4.78, 5) is 36.8. The van der Waals surface area contributed by atoms with Crippen molar-refractivity contribution in [2.75, 3.05) is 19.8 Å². The Hall–Kier alpha value is -2.83. The van der Waals surface area contributed by atoms with Crippen LogP contribution in [0.3, 0.4) is 0 Å². The van der Waals surface area contributed by atoms with Gasteiger partial charge in [-0.1, -0.05) is 0 Å². The first-order chi connectivity index (χ1) is 12.0. The maximum Gasteiger partial charge on any atom is 0.375 e. The first-order valence-corrected chi connectivity index (χ1v) is 8.17. The van der Waals surface area contributed by atoms with Crippen LogP contribution in [-0.2, 0) is 14.3 Å². The summed E-state index contributed by atoms with van der Waals surface area (Å²) in [6.45, 7) is 4.06. The van der Waals surface area contributed by atoms with Crippen LogP contribution in [0.4, 0.5) is 0 Å². The Kier molecular flexibility index (Phi) is 4.74. The molecule has 3 rings (SSSR count). The molecular weight excluding hydrogens is 326 g/mol. The van der Waals surface area contributed by atoms with Gasteiger partial charge in [-0.05, 0) is 38.5 Å². The van der Waals surface area contributed by atoms with Gasteiger partial charge in [-0.15, -0.1) is 0 Å². The zero-order chi connectivity index (χ0) is 18.0. The Labute approximate surface area is 144 Å². The minimum atomic E-state index is -0.730. The molecule has 0 aliphatic carbocycles. The van der Waals surface area contributed by atoms with Crippen LogP contribution >= 0.6 is 0 Å². The molecule has 1 aromatic carbocycles. The normalized spacial score (nSPS) is 14.2. The molecule has 0 radical (unpaired) electrons. The van der Waals surface area contributed by atoms with E-state index in [1.165, 1.54) is 0 Å². The van der Waals surface area contributed by atoms with Gasteiger partial charge in [-0.2, -0.15) is 0 Å². The zero-order valence-electron chi connectivity index (χ0n) is 14.2. The number of carbonyl (C=O) groups excluding carboxylic acids is 3. The van der Waals surface area contributed by atoms with E-state index in [4.69, 9.17) is 13.9 Å². The highest BCUT2D eigenvalue weighted by atomic mass is 16.5. The quantitative estimate of drug-likeness (QED) is 0.774. The van der Waals surface area contributed by atoms with Crippen LogP contribution < -0.4 is 4.74 Å². The van der Waals surface area contributed by atoms with Gasteiger partial charge in [0.05, 0.1) is 6.61 Å². The molecular formula is C18H19NO6. The standard InChI is InChI=1S/C18H19NO6/c1-3-23-12-6-7-14-13(9-12)11(2)17(25-14)18(22)24-10-16(21)19-8-4-5-15(19)20/h6-7,9H,3-5,8,10H2,1-2H3. The lowest BCUT2D eigenvalue weighted by molar-refractivity contribution is -0.143. The van der Waals surface area contributed by atoms with Gasteiger partial charge in [0.25, 0.3) is 5.91 Å². The number of carbonyl (C=O) groups is 3. The number of esters is 1. The third-order valence-corrected chi connectivity index (χ3v) is 4.11. The van der Waals surface area contributed by atoms with Crippen LogP contribution in [0.2, 0.25) is 0 Å². The molecule has 25 heavy (non-hydrogen) atoms. The summed E-state index contributed by atoms with van der Waals surface area (Å²) < 4.78 is 16.0. The molecule has 1 aliphatic heterocycles. The number of aryl methyl sites for hydroxylation is 1. The smallest absolute Gasteiger partial charge is 0.375 e. The van der Waals surface area contributed by atoms with Crippen molar-refractivity contribution >= 4 is 28.8 Å². The van der Waals surface area contributed by atoms with E-state index in [0.717, 1.165) is 10.3 Å². The van der Waals surface area contributed by atoms with Crippen molar-refractivity contribution in [2.45, 2.75) is 26.7 Å². The van der Waals surface area contributed by atoms with Gasteiger partial charge in [0, 0.05) is 23.9 Å². The molecule has 1 fully saturated rings. The summed E-state index contributed by atoms with van der Waals surface area (Å²) >= 11 is 0. The highest BCUT2D eigenvalue weighted by molar-refractivity contribution is 6.00. The summed E-state index contributed by atoms with van der Waals surface area (Å²) in [5, 5.41) is 0.749. The number of fused-ring (bicyclic) bond motifs is 1. The summed E-state index contributed by atoms with van der Waals surface area (Å²) in [5.41, 5.74) is 1.15. The van der Waals surface area contributed by atoms with Crippen molar-refractivity contribution in [1.29, 1.82) is 0 Å². The van der Waals surface area contributed by atoms with Crippen LogP contribution in [0.25, 0.3) is 11.0 Å². The van der Waals surface area contributed by atoms with Crippen LogP contribution in [0, 0.1) is 6.92 Å². The van der Waals surface area contributed by atoms with Crippen molar-refractivity contribution in [2.24, 2.45) is 0 Å². The topological polar surface area (TPSA) is 86.1 Å². The third-order valence-electron chi connectivity index (χ3n) is 4.11. The minimum absolute atomic E-state index is 0.0456.